The molecule has 10 heteroatoms. The summed E-state index contributed by atoms with van der Waals surface area (Å²) in [5.41, 5.74) is 2.17. The van der Waals surface area contributed by atoms with Crippen LogP contribution in [0.2, 0.25) is 0 Å². The van der Waals surface area contributed by atoms with Crippen LogP contribution in [-0.2, 0) is 27.9 Å². The Bertz CT molecular complexity index is 1000. The molecule has 2 aromatic carbocycles. The second-order valence-corrected chi connectivity index (χ2v) is 9.07. The lowest BCUT2D eigenvalue weighted by Gasteiger charge is -2.13. The maximum atomic E-state index is 12.6. The Balaban J connectivity index is 2.00. The molecule has 2 N–H and O–H groups in total. The number of alkyl halides is 3. The van der Waals surface area contributed by atoms with Gasteiger partial charge in [-0.3, -0.25) is 4.79 Å². The number of aryl methyl sites for hydroxylation is 1. The third-order valence-corrected chi connectivity index (χ3v) is 5.82. The molecular weight excluding hydrogens is 433 g/mol. The van der Waals surface area contributed by atoms with E-state index in [9.17, 15) is 26.4 Å². The van der Waals surface area contributed by atoms with E-state index in [1.807, 2.05) is 0 Å². The third-order valence-electron chi connectivity index (χ3n) is 4.17. The lowest BCUT2D eigenvalue weighted by molar-refractivity contribution is -0.176. The number of hydrogen-bond acceptors (Lipinski definition) is 4. The summed E-state index contributed by atoms with van der Waals surface area (Å²) >= 11 is 0. The summed E-state index contributed by atoms with van der Waals surface area (Å²) in [5, 5.41) is 2.72. The van der Waals surface area contributed by atoms with Crippen LogP contribution in [0.25, 0.3) is 0 Å². The Morgan fingerprint density at radius 3 is 2.26 bits per heavy atom. The van der Waals surface area contributed by atoms with Crippen molar-refractivity contribution in [1.82, 2.24) is 10.0 Å². The molecule has 0 atom stereocenters. The normalized spacial score (nSPS) is 12.2. The Labute approximate surface area is 179 Å². The molecule has 0 aliphatic carbocycles. The van der Waals surface area contributed by atoms with Crippen molar-refractivity contribution < 1.29 is 31.1 Å². The zero-order valence-electron chi connectivity index (χ0n) is 17.4. The number of amides is 1. The molecule has 0 heterocycles. The van der Waals surface area contributed by atoms with Gasteiger partial charge in [0.05, 0.1) is 11.5 Å². The van der Waals surface area contributed by atoms with Gasteiger partial charge in [0.2, 0.25) is 10.0 Å². The van der Waals surface area contributed by atoms with Crippen molar-refractivity contribution in [3.8, 4) is 0 Å². The zero-order valence-corrected chi connectivity index (χ0v) is 18.2. The van der Waals surface area contributed by atoms with Gasteiger partial charge in [-0.2, -0.15) is 13.2 Å². The summed E-state index contributed by atoms with van der Waals surface area (Å²) in [6.07, 6.45) is -4.37. The van der Waals surface area contributed by atoms with E-state index in [4.69, 9.17) is 0 Å². The molecule has 2 rings (SSSR count). The third kappa shape index (κ3) is 7.97. The van der Waals surface area contributed by atoms with E-state index in [1.165, 1.54) is 12.1 Å². The van der Waals surface area contributed by atoms with Crippen molar-refractivity contribution in [2.75, 3.05) is 6.61 Å². The van der Waals surface area contributed by atoms with Crippen LogP contribution < -0.4 is 10.0 Å². The van der Waals surface area contributed by atoms with Gasteiger partial charge in [-0.1, -0.05) is 30.3 Å². The maximum absolute atomic E-state index is 12.6. The van der Waals surface area contributed by atoms with Crippen molar-refractivity contribution >= 4 is 15.9 Å². The first-order valence-corrected chi connectivity index (χ1v) is 11.0. The molecule has 1 amide bonds. The quantitative estimate of drug-likeness (QED) is 0.600. The van der Waals surface area contributed by atoms with Crippen LogP contribution in [0.4, 0.5) is 13.2 Å². The topological polar surface area (TPSA) is 84.5 Å². The van der Waals surface area contributed by atoms with Gasteiger partial charge in [0, 0.05) is 18.2 Å². The fourth-order valence-corrected chi connectivity index (χ4v) is 3.98. The summed E-state index contributed by atoms with van der Waals surface area (Å²) in [6.45, 7) is 3.79. The first-order valence-electron chi connectivity index (χ1n) is 9.51. The van der Waals surface area contributed by atoms with Crippen LogP contribution in [0.15, 0.2) is 47.4 Å². The van der Waals surface area contributed by atoms with Crippen molar-refractivity contribution in [1.29, 1.82) is 0 Å². The van der Waals surface area contributed by atoms with E-state index in [1.54, 1.807) is 51.1 Å². The first-order chi connectivity index (χ1) is 14.4. The SMILES string of the molecule is Cc1ccc(S(=O)(=O)NC(C)C)cc1C(=O)NCc1ccc(COCC(F)(F)F)cc1. The minimum Gasteiger partial charge on any atom is -0.367 e. The number of sulfonamides is 1. The minimum absolute atomic E-state index is 0.000148. The molecule has 0 unspecified atom stereocenters. The molecule has 0 aliphatic rings. The molecule has 6 nitrogen and oxygen atoms in total. The predicted octanol–water partition coefficient (Wildman–Crippen LogP) is 3.69. The first kappa shape index (κ1) is 24.8. The highest BCUT2D eigenvalue weighted by molar-refractivity contribution is 7.89. The number of hydrogen-bond donors (Lipinski definition) is 2. The number of nitrogens with one attached hydrogen (secondary N) is 2. The molecule has 0 aromatic heterocycles. The number of carbonyl (C=O) groups excluding carboxylic acids is 1. The van der Waals surface area contributed by atoms with Crippen LogP contribution >= 0.6 is 0 Å². The van der Waals surface area contributed by atoms with Gasteiger partial charge in [0.1, 0.15) is 6.61 Å². The summed E-state index contributed by atoms with van der Waals surface area (Å²) in [4.78, 5) is 12.6. The Morgan fingerprint density at radius 2 is 1.68 bits per heavy atom. The van der Waals surface area contributed by atoms with Gasteiger partial charge in [-0.15, -0.1) is 0 Å². The van der Waals surface area contributed by atoms with Gasteiger partial charge in [-0.25, -0.2) is 13.1 Å². The zero-order chi connectivity index (χ0) is 23.2. The van der Waals surface area contributed by atoms with Crippen LogP contribution in [0, 0.1) is 6.92 Å². The molecule has 0 bridgehead atoms. The Hall–Kier alpha value is -2.43. The minimum atomic E-state index is -4.37. The van der Waals surface area contributed by atoms with Gasteiger partial charge >= 0.3 is 6.18 Å². The second kappa shape index (κ2) is 10.3. The van der Waals surface area contributed by atoms with Gasteiger partial charge in [0.25, 0.3) is 5.91 Å². The van der Waals surface area contributed by atoms with Crippen molar-refractivity contribution in [3.63, 3.8) is 0 Å². The molecule has 31 heavy (non-hydrogen) atoms. The molecule has 0 saturated heterocycles. The molecule has 2 aromatic rings. The molecule has 0 radical (unpaired) electrons. The number of halogens is 3. The number of carbonyl (C=O) groups is 1. The van der Waals surface area contributed by atoms with E-state index < -0.39 is 28.7 Å². The molecular formula is C21H25F3N2O4S. The number of benzene rings is 2. The number of ether oxygens (including phenoxy) is 1. The largest absolute Gasteiger partial charge is 0.411 e. The Kier molecular flexibility index (Phi) is 8.21. The molecule has 0 aliphatic heterocycles. The van der Waals surface area contributed by atoms with Gasteiger partial charge < -0.3 is 10.1 Å². The van der Waals surface area contributed by atoms with E-state index in [0.717, 1.165) is 5.56 Å². The average Bonchev–Trinajstić information content (AvgIpc) is 2.65. The maximum Gasteiger partial charge on any atom is 0.411 e. The summed E-state index contributed by atoms with van der Waals surface area (Å²) in [6, 6.07) is 10.6. The average molecular weight is 459 g/mol. The summed E-state index contributed by atoms with van der Waals surface area (Å²) < 4.78 is 68.1. The standard InChI is InChI=1S/C21H25F3N2O4S/c1-14(2)26-31(28,29)18-9-4-15(3)19(10-18)20(27)25-11-16-5-7-17(8-6-16)12-30-13-21(22,23)24/h4-10,14,26H,11-13H2,1-3H3,(H,25,27). The molecule has 0 fully saturated rings. The van der Waals surface area contributed by atoms with Crippen LogP contribution in [0.1, 0.15) is 40.9 Å². The molecule has 0 spiro atoms. The fourth-order valence-electron chi connectivity index (χ4n) is 2.71. The van der Waals surface area contributed by atoms with Crippen molar-refractivity contribution in [2.24, 2.45) is 0 Å². The van der Waals surface area contributed by atoms with E-state index in [2.05, 4.69) is 14.8 Å². The van der Waals surface area contributed by atoms with Crippen LogP contribution in [0.5, 0.6) is 0 Å². The molecule has 0 saturated carbocycles. The number of rotatable bonds is 9. The Morgan fingerprint density at radius 1 is 1.06 bits per heavy atom. The van der Waals surface area contributed by atoms with Gasteiger partial charge in [0.15, 0.2) is 0 Å². The fraction of sp³-hybridized carbons (Fsp3) is 0.381. The van der Waals surface area contributed by atoms with Crippen molar-refractivity contribution in [3.05, 3.63) is 64.7 Å². The lowest BCUT2D eigenvalue weighted by Crippen LogP contribution is -2.30. The van der Waals surface area contributed by atoms with Gasteiger partial charge in [-0.05, 0) is 49.6 Å². The smallest absolute Gasteiger partial charge is 0.367 e. The highest BCUT2D eigenvalue weighted by Crippen LogP contribution is 2.17. The monoisotopic (exact) mass is 458 g/mol. The van der Waals surface area contributed by atoms with Crippen LogP contribution in [-0.4, -0.2) is 33.1 Å². The highest BCUT2D eigenvalue weighted by Gasteiger charge is 2.27. The van der Waals surface area contributed by atoms with Crippen LogP contribution in [0.3, 0.4) is 0 Å². The van der Waals surface area contributed by atoms with E-state index >= 15 is 0 Å². The molecule has 170 valence electrons. The summed E-state index contributed by atoms with van der Waals surface area (Å²) in [7, 11) is -3.73. The second-order valence-electron chi connectivity index (χ2n) is 7.36. The predicted molar refractivity (Wildman–Crippen MR) is 110 cm³/mol. The van der Waals surface area contributed by atoms with E-state index in [-0.39, 0.29) is 29.7 Å². The lowest BCUT2D eigenvalue weighted by atomic mass is 10.1. The summed E-state index contributed by atoms with van der Waals surface area (Å²) in [5.74, 6) is -0.434. The highest BCUT2D eigenvalue weighted by atomic mass is 32.2. The van der Waals surface area contributed by atoms with E-state index in [0.29, 0.717) is 11.1 Å². The van der Waals surface area contributed by atoms with Crippen molar-refractivity contribution in [2.45, 2.75) is 51.0 Å².